The van der Waals surface area contributed by atoms with E-state index in [0.29, 0.717) is 18.1 Å². The first-order valence-corrected chi connectivity index (χ1v) is 7.91. The van der Waals surface area contributed by atoms with E-state index in [0.717, 1.165) is 19.3 Å². The van der Waals surface area contributed by atoms with Crippen LogP contribution in [0.15, 0.2) is 12.4 Å². The SMILES string of the molecule is CC(C)(C)C(=O)Nc1cnc([C@H](O)COC2CCCCO2)cn1. The Kier molecular flexibility index (Phi) is 6.04. The second-order valence-electron chi connectivity index (χ2n) is 6.68. The molecule has 7 heteroatoms. The van der Waals surface area contributed by atoms with Gasteiger partial charge in [-0.1, -0.05) is 20.8 Å². The maximum absolute atomic E-state index is 11.9. The van der Waals surface area contributed by atoms with Crippen LogP contribution < -0.4 is 5.32 Å². The molecule has 23 heavy (non-hydrogen) atoms. The maximum Gasteiger partial charge on any atom is 0.230 e. The van der Waals surface area contributed by atoms with Crippen LogP contribution in [0.25, 0.3) is 0 Å². The van der Waals surface area contributed by atoms with E-state index in [2.05, 4.69) is 15.3 Å². The average molecular weight is 323 g/mol. The summed E-state index contributed by atoms with van der Waals surface area (Å²) in [5.74, 6) is 0.218. The Bertz CT molecular complexity index is 507. The van der Waals surface area contributed by atoms with Gasteiger partial charge in [0.15, 0.2) is 12.1 Å². The molecule has 1 aliphatic rings. The van der Waals surface area contributed by atoms with Crippen molar-refractivity contribution < 1.29 is 19.4 Å². The first kappa shape index (κ1) is 17.8. The number of rotatable bonds is 5. The number of carbonyl (C=O) groups is 1. The number of aromatic nitrogens is 2. The van der Waals surface area contributed by atoms with Gasteiger partial charge in [0.1, 0.15) is 6.10 Å². The zero-order valence-electron chi connectivity index (χ0n) is 13.9. The molecule has 128 valence electrons. The van der Waals surface area contributed by atoms with Gasteiger partial charge in [0, 0.05) is 12.0 Å². The molecule has 0 radical (unpaired) electrons. The topological polar surface area (TPSA) is 93.6 Å². The number of carbonyl (C=O) groups excluding carboxylic acids is 1. The Morgan fingerprint density at radius 3 is 2.78 bits per heavy atom. The van der Waals surface area contributed by atoms with Crippen LogP contribution in [0.4, 0.5) is 5.82 Å². The molecular formula is C16H25N3O4. The highest BCUT2D eigenvalue weighted by atomic mass is 16.7. The Morgan fingerprint density at radius 2 is 2.22 bits per heavy atom. The highest BCUT2D eigenvalue weighted by Crippen LogP contribution is 2.18. The van der Waals surface area contributed by atoms with Crippen LogP contribution in [-0.2, 0) is 14.3 Å². The molecule has 1 aromatic rings. The van der Waals surface area contributed by atoms with Gasteiger partial charge in [0.25, 0.3) is 0 Å². The van der Waals surface area contributed by atoms with Gasteiger partial charge in [-0.25, -0.2) is 4.98 Å². The summed E-state index contributed by atoms with van der Waals surface area (Å²) in [6.45, 7) is 6.26. The molecule has 0 spiro atoms. The van der Waals surface area contributed by atoms with Crippen molar-refractivity contribution >= 4 is 11.7 Å². The van der Waals surface area contributed by atoms with Crippen molar-refractivity contribution in [1.82, 2.24) is 9.97 Å². The van der Waals surface area contributed by atoms with Gasteiger partial charge in [-0.15, -0.1) is 0 Å². The summed E-state index contributed by atoms with van der Waals surface area (Å²) in [5, 5.41) is 12.8. The van der Waals surface area contributed by atoms with Crippen LogP contribution in [0.2, 0.25) is 0 Å². The lowest BCUT2D eigenvalue weighted by Gasteiger charge is -2.23. The summed E-state index contributed by atoms with van der Waals surface area (Å²) in [6, 6.07) is 0. The molecule has 0 saturated carbocycles. The molecule has 2 atom stereocenters. The van der Waals surface area contributed by atoms with E-state index in [1.807, 2.05) is 20.8 Å². The third-order valence-corrected chi connectivity index (χ3v) is 3.51. The lowest BCUT2D eigenvalue weighted by Crippen LogP contribution is -2.28. The van der Waals surface area contributed by atoms with Crippen LogP contribution >= 0.6 is 0 Å². The minimum Gasteiger partial charge on any atom is -0.384 e. The summed E-state index contributed by atoms with van der Waals surface area (Å²) in [7, 11) is 0. The van der Waals surface area contributed by atoms with Gasteiger partial charge in [-0.05, 0) is 19.3 Å². The summed E-state index contributed by atoms with van der Waals surface area (Å²) in [6.07, 6.45) is 4.71. The Hall–Kier alpha value is -1.57. The van der Waals surface area contributed by atoms with Crippen LogP contribution in [0.1, 0.15) is 51.8 Å². The summed E-state index contributed by atoms with van der Waals surface area (Å²) in [4.78, 5) is 20.1. The molecule has 2 N–H and O–H groups in total. The number of amides is 1. The van der Waals surface area contributed by atoms with Gasteiger partial charge in [-0.3, -0.25) is 9.78 Å². The van der Waals surface area contributed by atoms with Crippen molar-refractivity contribution in [1.29, 1.82) is 0 Å². The first-order valence-electron chi connectivity index (χ1n) is 7.91. The van der Waals surface area contributed by atoms with Gasteiger partial charge in [-0.2, -0.15) is 0 Å². The summed E-state index contributed by atoms with van der Waals surface area (Å²) < 4.78 is 11.0. The number of anilines is 1. The highest BCUT2D eigenvalue weighted by Gasteiger charge is 2.22. The summed E-state index contributed by atoms with van der Waals surface area (Å²) in [5.41, 5.74) is -0.109. The predicted molar refractivity (Wildman–Crippen MR) is 84.6 cm³/mol. The van der Waals surface area contributed by atoms with Crippen LogP contribution in [-0.4, -0.2) is 40.5 Å². The van der Waals surface area contributed by atoms with E-state index in [1.165, 1.54) is 12.4 Å². The lowest BCUT2D eigenvalue weighted by molar-refractivity contribution is -0.176. The van der Waals surface area contributed by atoms with Gasteiger partial charge in [0.2, 0.25) is 5.91 Å². The van der Waals surface area contributed by atoms with Crippen molar-refractivity contribution in [2.24, 2.45) is 5.41 Å². The van der Waals surface area contributed by atoms with E-state index < -0.39 is 11.5 Å². The zero-order valence-corrected chi connectivity index (χ0v) is 13.9. The molecule has 7 nitrogen and oxygen atoms in total. The molecule has 2 rings (SSSR count). The predicted octanol–water partition coefficient (Wildman–Crippen LogP) is 2.04. The molecular weight excluding hydrogens is 298 g/mol. The van der Waals surface area contributed by atoms with E-state index >= 15 is 0 Å². The number of aliphatic hydroxyl groups is 1. The maximum atomic E-state index is 11.9. The fourth-order valence-electron chi connectivity index (χ4n) is 2.00. The van der Waals surface area contributed by atoms with Crippen molar-refractivity contribution in [3.8, 4) is 0 Å². The Morgan fingerprint density at radius 1 is 1.43 bits per heavy atom. The number of nitrogens with zero attached hydrogens (tertiary/aromatic N) is 2. The Balaban J connectivity index is 1.84. The van der Waals surface area contributed by atoms with Crippen molar-refractivity contribution in [2.75, 3.05) is 18.5 Å². The second-order valence-corrected chi connectivity index (χ2v) is 6.68. The molecule has 1 aliphatic heterocycles. The highest BCUT2D eigenvalue weighted by molar-refractivity contribution is 5.93. The number of hydrogen-bond donors (Lipinski definition) is 2. The zero-order chi connectivity index (χ0) is 16.9. The minimum absolute atomic E-state index is 0.104. The van der Waals surface area contributed by atoms with Crippen molar-refractivity contribution in [2.45, 2.75) is 52.4 Å². The largest absolute Gasteiger partial charge is 0.384 e. The monoisotopic (exact) mass is 323 g/mol. The quantitative estimate of drug-likeness (QED) is 0.861. The van der Waals surface area contributed by atoms with Crippen LogP contribution in [0.3, 0.4) is 0 Å². The van der Waals surface area contributed by atoms with Gasteiger partial charge >= 0.3 is 0 Å². The third-order valence-electron chi connectivity index (χ3n) is 3.51. The lowest BCUT2D eigenvalue weighted by atomic mass is 9.96. The number of aliphatic hydroxyl groups excluding tert-OH is 1. The normalized spacial score (nSPS) is 20.1. The van der Waals surface area contributed by atoms with Crippen LogP contribution in [0.5, 0.6) is 0 Å². The van der Waals surface area contributed by atoms with E-state index in [9.17, 15) is 9.90 Å². The molecule has 2 heterocycles. The van der Waals surface area contributed by atoms with E-state index in [-0.39, 0.29) is 18.8 Å². The van der Waals surface area contributed by atoms with Crippen molar-refractivity contribution in [3.63, 3.8) is 0 Å². The van der Waals surface area contributed by atoms with E-state index in [1.54, 1.807) is 0 Å². The molecule has 1 amide bonds. The van der Waals surface area contributed by atoms with E-state index in [4.69, 9.17) is 9.47 Å². The van der Waals surface area contributed by atoms with Crippen LogP contribution in [0, 0.1) is 5.41 Å². The smallest absolute Gasteiger partial charge is 0.230 e. The fourth-order valence-corrected chi connectivity index (χ4v) is 2.00. The molecule has 0 aromatic carbocycles. The molecule has 1 unspecified atom stereocenters. The molecule has 1 fully saturated rings. The second kappa shape index (κ2) is 7.81. The molecule has 0 aliphatic carbocycles. The number of hydrogen-bond acceptors (Lipinski definition) is 6. The van der Waals surface area contributed by atoms with Gasteiger partial charge < -0.3 is 19.9 Å². The van der Waals surface area contributed by atoms with Gasteiger partial charge in [0.05, 0.1) is 24.7 Å². The molecule has 0 bridgehead atoms. The summed E-state index contributed by atoms with van der Waals surface area (Å²) >= 11 is 0. The number of nitrogens with one attached hydrogen (secondary N) is 1. The Labute approximate surface area is 136 Å². The third kappa shape index (κ3) is 5.53. The molecule has 1 aromatic heterocycles. The molecule has 1 saturated heterocycles. The standard InChI is InChI=1S/C16H25N3O4/c1-16(2,3)15(21)19-13-9-17-11(8-18-13)12(20)10-23-14-6-4-5-7-22-14/h8-9,12,14,20H,4-7,10H2,1-3H3,(H,18,19,21)/t12-,14?/m1/s1. The van der Waals surface area contributed by atoms with Crippen molar-refractivity contribution in [3.05, 3.63) is 18.1 Å². The average Bonchev–Trinajstić information content (AvgIpc) is 2.53. The number of ether oxygens (including phenoxy) is 2. The fraction of sp³-hybridized carbons (Fsp3) is 0.688. The minimum atomic E-state index is -0.875. The first-order chi connectivity index (χ1) is 10.9.